The van der Waals surface area contributed by atoms with Crippen molar-refractivity contribution in [3.05, 3.63) is 17.7 Å². The lowest BCUT2D eigenvalue weighted by atomic mass is 10.1. The Morgan fingerprint density at radius 1 is 1.19 bits per heavy atom. The maximum atomic E-state index is 11.8. The van der Waals surface area contributed by atoms with Crippen molar-refractivity contribution < 1.29 is 23.8 Å². The lowest BCUT2D eigenvalue weighted by Gasteiger charge is -2.21. The SMILES string of the molecule is COC(=O)c1ccc(N)c(NC(=O)OC(C)(C)C)c1OC. The average Bonchev–Trinajstić information content (AvgIpc) is 2.37. The zero-order chi connectivity index (χ0) is 16.2. The van der Waals surface area contributed by atoms with Crippen LogP contribution >= 0.6 is 0 Å². The van der Waals surface area contributed by atoms with Crippen LogP contribution in [0.2, 0.25) is 0 Å². The number of carbonyl (C=O) groups excluding carboxylic acids is 2. The number of nitrogens with two attached hydrogens (primary N) is 1. The van der Waals surface area contributed by atoms with Gasteiger partial charge in [0.25, 0.3) is 0 Å². The second kappa shape index (κ2) is 6.34. The molecular weight excluding hydrogens is 276 g/mol. The first-order chi connectivity index (χ1) is 9.69. The summed E-state index contributed by atoms with van der Waals surface area (Å²) >= 11 is 0. The molecule has 0 radical (unpaired) electrons. The van der Waals surface area contributed by atoms with Gasteiger partial charge in [0.15, 0.2) is 5.75 Å². The predicted octanol–water partition coefficient (Wildman–Crippen LogP) is 2.41. The van der Waals surface area contributed by atoms with Crippen LogP contribution in [0.15, 0.2) is 12.1 Å². The van der Waals surface area contributed by atoms with E-state index in [1.807, 2.05) is 0 Å². The first-order valence-electron chi connectivity index (χ1n) is 6.24. The molecule has 0 saturated heterocycles. The minimum Gasteiger partial charge on any atom is -0.494 e. The molecule has 1 rings (SSSR count). The Hall–Kier alpha value is -2.44. The molecule has 0 atom stereocenters. The van der Waals surface area contributed by atoms with Crippen molar-refractivity contribution in [2.24, 2.45) is 0 Å². The van der Waals surface area contributed by atoms with E-state index in [4.69, 9.17) is 15.2 Å². The van der Waals surface area contributed by atoms with E-state index >= 15 is 0 Å². The number of nitrogens with one attached hydrogen (secondary N) is 1. The summed E-state index contributed by atoms with van der Waals surface area (Å²) in [6.07, 6.45) is -0.700. The molecule has 1 amide bonds. The summed E-state index contributed by atoms with van der Waals surface area (Å²) in [4.78, 5) is 23.5. The van der Waals surface area contributed by atoms with E-state index in [2.05, 4.69) is 10.1 Å². The summed E-state index contributed by atoms with van der Waals surface area (Å²) in [5.41, 5.74) is 5.71. The number of hydrogen-bond donors (Lipinski definition) is 2. The Morgan fingerprint density at radius 2 is 1.81 bits per heavy atom. The number of amides is 1. The van der Waals surface area contributed by atoms with Crippen LogP contribution in [-0.4, -0.2) is 31.9 Å². The van der Waals surface area contributed by atoms with Crippen LogP contribution in [0.1, 0.15) is 31.1 Å². The fourth-order valence-electron chi connectivity index (χ4n) is 1.62. The molecule has 7 nitrogen and oxygen atoms in total. The summed E-state index contributed by atoms with van der Waals surface area (Å²) in [6.45, 7) is 5.20. The minimum absolute atomic E-state index is 0.118. The molecule has 0 aliphatic carbocycles. The molecule has 0 fully saturated rings. The molecule has 21 heavy (non-hydrogen) atoms. The Balaban J connectivity index is 3.16. The van der Waals surface area contributed by atoms with Gasteiger partial charge in [-0.25, -0.2) is 9.59 Å². The number of rotatable bonds is 3. The molecule has 0 heterocycles. The zero-order valence-corrected chi connectivity index (χ0v) is 12.8. The second-order valence-electron chi connectivity index (χ2n) is 5.23. The van der Waals surface area contributed by atoms with E-state index in [0.717, 1.165) is 0 Å². The molecule has 0 aliphatic heterocycles. The van der Waals surface area contributed by atoms with E-state index < -0.39 is 17.7 Å². The molecule has 0 aliphatic rings. The number of hydrogen-bond acceptors (Lipinski definition) is 6. The van der Waals surface area contributed by atoms with Crippen molar-refractivity contribution in [1.82, 2.24) is 0 Å². The molecule has 1 aromatic carbocycles. The van der Waals surface area contributed by atoms with Gasteiger partial charge in [0, 0.05) is 0 Å². The average molecular weight is 296 g/mol. The van der Waals surface area contributed by atoms with Crippen LogP contribution in [0.4, 0.5) is 16.2 Å². The van der Waals surface area contributed by atoms with E-state index in [1.54, 1.807) is 20.8 Å². The van der Waals surface area contributed by atoms with Gasteiger partial charge in [0.1, 0.15) is 16.9 Å². The molecule has 0 saturated carbocycles. The van der Waals surface area contributed by atoms with Gasteiger partial charge in [-0.15, -0.1) is 0 Å². The Kier molecular flexibility index (Phi) is 5.02. The monoisotopic (exact) mass is 296 g/mol. The number of carbonyl (C=O) groups is 2. The van der Waals surface area contributed by atoms with Gasteiger partial charge >= 0.3 is 12.1 Å². The number of nitrogen functional groups attached to an aromatic ring is 1. The van der Waals surface area contributed by atoms with Crippen LogP contribution in [0.3, 0.4) is 0 Å². The Labute approximate surface area is 123 Å². The quantitative estimate of drug-likeness (QED) is 0.656. The van der Waals surface area contributed by atoms with Gasteiger partial charge in [-0.2, -0.15) is 0 Å². The first-order valence-corrected chi connectivity index (χ1v) is 6.24. The van der Waals surface area contributed by atoms with Crippen molar-refractivity contribution >= 4 is 23.4 Å². The van der Waals surface area contributed by atoms with Crippen molar-refractivity contribution in [3.8, 4) is 5.75 Å². The molecule has 3 N–H and O–H groups in total. The van der Waals surface area contributed by atoms with Gasteiger partial charge in [-0.3, -0.25) is 5.32 Å². The maximum Gasteiger partial charge on any atom is 0.412 e. The highest BCUT2D eigenvalue weighted by molar-refractivity contribution is 6.00. The van der Waals surface area contributed by atoms with Crippen LogP contribution < -0.4 is 15.8 Å². The molecule has 116 valence electrons. The second-order valence-corrected chi connectivity index (χ2v) is 5.23. The molecule has 0 bridgehead atoms. The van der Waals surface area contributed by atoms with E-state index in [9.17, 15) is 9.59 Å². The Bertz CT molecular complexity index is 549. The third kappa shape index (κ3) is 4.27. The topological polar surface area (TPSA) is 99.9 Å². The number of methoxy groups -OCH3 is 2. The Morgan fingerprint density at radius 3 is 2.29 bits per heavy atom. The molecule has 0 unspecified atom stereocenters. The summed E-state index contributed by atoms with van der Waals surface area (Å²) in [7, 11) is 2.61. The van der Waals surface area contributed by atoms with Gasteiger partial charge in [0.05, 0.1) is 19.9 Å². The predicted molar refractivity (Wildman–Crippen MR) is 78.6 cm³/mol. The van der Waals surface area contributed by atoms with E-state index in [1.165, 1.54) is 26.4 Å². The summed E-state index contributed by atoms with van der Waals surface area (Å²) < 4.78 is 15.0. The van der Waals surface area contributed by atoms with Crippen LogP contribution in [-0.2, 0) is 9.47 Å². The fraction of sp³-hybridized carbons (Fsp3) is 0.429. The number of ether oxygens (including phenoxy) is 3. The molecule has 0 spiro atoms. The highest BCUT2D eigenvalue weighted by Gasteiger charge is 2.22. The van der Waals surface area contributed by atoms with Gasteiger partial charge in [0.2, 0.25) is 0 Å². The minimum atomic E-state index is -0.700. The van der Waals surface area contributed by atoms with E-state index in [0.29, 0.717) is 0 Å². The first kappa shape index (κ1) is 16.6. The lowest BCUT2D eigenvalue weighted by molar-refractivity contribution is 0.0592. The maximum absolute atomic E-state index is 11.8. The smallest absolute Gasteiger partial charge is 0.412 e. The lowest BCUT2D eigenvalue weighted by Crippen LogP contribution is -2.27. The van der Waals surface area contributed by atoms with Crippen LogP contribution in [0.5, 0.6) is 5.75 Å². The fourth-order valence-corrected chi connectivity index (χ4v) is 1.62. The molecule has 1 aromatic rings. The van der Waals surface area contributed by atoms with Crippen molar-refractivity contribution in [3.63, 3.8) is 0 Å². The van der Waals surface area contributed by atoms with Crippen LogP contribution in [0, 0.1) is 0 Å². The normalized spacial score (nSPS) is 10.7. The highest BCUT2D eigenvalue weighted by atomic mass is 16.6. The molecular formula is C14H20N2O5. The highest BCUT2D eigenvalue weighted by Crippen LogP contribution is 2.35. The van der Waals surface area contributed by atoms with Crippen LogP contribution in [0.25, 0.3) is 0 Å². The van der Waals surface area contributed by atoms with Crippen molar-refractivity contribution in [2.75, 3.05) is 25.3 Å². The molecule has 7 heteroatoms. The third-order valence-corrected chi connectivity index (χ3v) is 2.43. The summed E-state index contributed by atoms with van der Waals surface area (Å²) in [5.74, 6) is -0.480. The summed E-state index contributed by atoms with van der Waals surface area (Å²) in [5, 5.41) is 2.49. The van der Waals surface area contributed by atoms with E-state index in [-0.39, 0.29) is 22.7 Å². The van der Waals surface area contributed by atoms with Gasteiger partial charge < -0.3 is 19.9 Å². The number of esters is 1. The number of benzene rings is 1. The third-order valence-electron chi connectivity index (χ3n) is 2.43. The van der Waals surface area contributed by atoms with Crippen molar-refractivity contribution in [1.29, 1.82) is 0 Å². The van der Waals surface area contributed by atoms with Gasteiger partial charge in [-0.1, -0.05) is 0 Å². The van der Waals surface area contributed by atoms with Gasteiger partial charge in [-0.05, 0) is 32.9 Å². The number of anilines is 2. The standard InChI is InChI=1S/C14H20N2O5/c1-14(2,3)21-13(18)16-10-9(15)7-6-8(11(10)19-4)12(17)20-5/h6-7H,15H2,1-5H3,(H,16,18). The molecule has 0 aromatic heterocycles. The summed E-state index contributed by atoms with van der Waals surface area (Å²) in [6, 6.07) is 2.93. The largest absolute Gasteiger partial charge is 0.494 e. The van der Waals surface area contributed by atoms with Crippen molar-refractivity contribution in [2.45, 2.75) is 26.4 Å². The zero-order valence-electron chi connectivity index (χ0n) is 12.8.